The summed E-state index contributed by atoms with van der Waals surface area (Å²) in [4.78, 5) is 2.41. The maximum absolute atomic E-state index is 9.05. The standard InChI is InChI=1S/C13H17NO/c1-2-3-6-14-8-12-5-4-11(10-15)7-13(12)9-14/h2,4-5,7,15H,1,3,6,8-10H2. The van der Waals surface area contributed by atoms with Crippen LogP contribution in [0.1, 0.15) is 23.1 Å². The van der Waals surface area contributed by atoms with Crippen LogP contribution >= 0.6 is 0 Å². The van der Waals surface area contributed by atoms with E-state index in [4.69, 9.17) is 5.11 Å². The van der Waals surface area contributed by atoms with Crippen molar-refractivity contribution in [3.63, 3.8) is 0 Å². The second-order valence-electron chi connectivity index (χ2n) is 4.05. The molecule has 2 heteroatoms. The van der Waals surface area contributed by atoms with Gasteiger partial charge in [0.2, 0.25) is 0 Å². The maximum atomic E-state index is 9.05. The Hall–Kier alpha value is -1.12. The highest BCUT2D eigenvalue weighted by molar-refractivity contribution is 5.34. The minimum atomic E-state index is 0.139. The molecule has 15 heavy (non-hydrogen) atoms. The van der Waals surface area contributed by atoms with Crippen LogP contribution in [0.4, 0.5) is 0 Å². The topological polar surface area (TPSA) is 23.5 Å². The summed E-state index contributed by atoms with van der Waals surface area (Å²) >= 11 is 0. The second kappa shape index (κ2) is 4.60. The molecule has 0 radical (unpaired) electrons. The summed E-state index contributed by atoms with van der Waals surface area (Å²) in [6.07, 6.45) is 3.00. The molecular weight excluding hydrogens is 186 g/mol. The van der Waals surface area contributed by atoms with Crippen molar-refractivity contribution in [2.45, 2.75) is 26.1 Å². The monoisotopic (exact) mass is 203 g/mol. The van der Waals surface area contributed by atoms with E-state index >= 15 is 0 Å². The molecule has 2 rings (SSSR count). The Kier molecular flexibility index (Phi) is 3.19. The average molecular weight is 203 g/mol. The highest BCUT2D eigenvalue weighted by Gasteiger charge is 2.17. The van der Waals surface area contributed by atoms with Crippen molar-refractivity contribution in [2.75, 3.05) is 6.54 Å². The van der Waals surface area contributed by atoms with Gasteiger partial charge in [0, 0.05) is 19.6 Å². The van der Waals surface area contributed by atoms with Crippen molar-refractivity contribution in [1.29, 1.82) is 0 Å². The number of benzene rings is 1. The number of fused-ring (bicyclic) bond motifs is 1. The molecule has 0 amide bonds. The molecule has 0 saturated heterocycles. The maximum Gasteiger partial charge on any atom is 0.0681 e. The van der Waals surface area contributed by atoms with Gasteiger partial charge in [-0.2, -0.15) is 0 Å². The molecule has 1 aliphatic rings. The van der Waals surface area contributed by atoms with E-state index in [1.54, 1.807) is 0 Å². The van der Waals surface area contributed by atoms with E-state index < -0.39 is 0 Å². The predicted molar refractivity (Wildman–Crippen MR) is 61.3 cm³/mol. The molecule has 1 aromatic rings. The fourth-order valence-corrected chi connectivity index (χ4v) is 2.05. The Morgan fingerprint density at radius 3 is 2.87 bits per heavy atom. The summed E-state index contributed by atoms with van der Waals surface area (Å²) in [6.45, 7) is 7.00. The van der Waals surface area contributed by atoms with Crippen molar-refractivity contribution < 1.29 is 5.11 Å². The Balaban J connectivity index is 2.06. The molecule has 0 aliphatic carbocycles. The van der Waals surface area contributed by atoms with Crippen molar-refractivity contribution in [1.82, 2.24) is 4.90 Å². The van der Waals surface area contributed by atoms with Crippen LogP contribution in [0.25, 0.3) is 0 Å². The lowest BCUT2D eigenvalue weighted by atomic mass is 10.1. The first kappa shape index (κ1) is 10.4. The quantitative estimate of drug-likeness (QED) is 0.757. The molecule has 0 fully saturated rings. The van der Waals surface area contributed by atoms with Crippen LogP contribution in [-0.2, 0) is 19.7 Å². The lowest BCUT2D eigenvalue weighted by molar-refractivity contribution is 0.281. The third kappa shape index (κ3) is 2.28. The zero-order chi connectivity index (χ0) is 10.7. The Bertz CT molecular complexity index is 360. The minimum Gasteiger partial charge on any atom is -0.392 e. The predicted octanol–water partition coefficient (Wildman–Crippen LogP) is 2.07. The molecule has 1 N–H and O–H groups in total. The third-order valence-electron chi connectivity index (χ3n) is 2.89. The van der Waals surface area contributed by atoms with E-state index in [9.17, 15) is 0 Å². The summed E-state index contributed by atoms with van der Waals surface area (Å²) < 4.78 is 0. The summed E-state index contributed by atoms with van der Waals surface area (Å²) in [5.74, 6) is 0. The number of aliphatic hydroxyl groups is 1. The van der Waals surface area contributed by atoms with Crippen LogP contribution in [0.15, 0.2) is 30.9 Å². The van der Waals surface area contributed by atoms with E-state index in [1.807, 2.05) is 12.1 Å². The van der Waals surface area contributed by atoms with E-state index in [0.29, 0.717) is 0 Å². The van der Waals surface area contributed by atoms with Crippen LogP contribution in [0.2, 0.25) is 0 Å². The molecule has 0 spiro atoms. The molecule has 0 saturated carbocycles. The van der Waals surface area contributed by atoms with Crippen LogP contribution in [0.5, 0.6) is 0 Å². The van der Waals surface area contributed by atoms with Gasteiger partial charge >= 0.3 is 0 Å². The van der Waals surface area contributed by atoms with Crippen molar-refractivity contribution >= 4 is 0 Å². The second-order valence-corrected chi connectivity index (χ2v) is 4.05. The van der Waals surface area contributed by atoms with Gasteiger partial charge in [0.05, 0.1) is 6.61 Å². The number of hydrogen-bond donors (Lipinski definition) is 1. The normalized spacial score (nSPS) is 15.3. The number of hydrogen-bond acceptors (Lipinski definition) is 2. The summed E-state index contributed by atoms with van der Waals surface area (Å²) in [5, 5.41) is 9.05. The van der Waals surface area contributed by atoms with Gasteiger partial charge in [0.1, 0.15) is 0 Å². The van der Waals surface area contributed by atoms with Crippen LogP contribution < -0.4 is 0 Å². The van der Waals surface area contributed by atoms with Gasteiger partial charge in [-0.1, -0.05) is 24.3 Å². The van der Waals surface area contributed by atoms with Crippen LogP contribution in [0.3, 0.4) is 0 Å². The number of rotatable bonds is 4. The van der Waals surface area contributed by atoms with Gasteiger partial charge < -0.3 is 5.11 Å². The Labute approximate surface area is 90.8 Å². The first-order valence-electron chi connectivity index (χ1n) is 5.38. The number of nitrogens with zero attached hydrogens (tertiary/aromatic N) is 1. The molecule has 0 aromatic heterocycles. The average Bonchev–Trinajstić information content (AvgIpc) is 2.67. The van der Waals surface area contributed by atoms with E-state index in [1.165, 1.54) is 11.1 Å². The lowest BCUT2D eigenvalue weighted by Gasteiger charge is -2.12. The molecule has 0 atom stereocenters. The van der Waals surface area contributed by atoms with E-state index in [-0.39, 0.29) is 6.61 Å². The summed E-state index contributed by atoms with van der Waals surface area (Å²) in [7, 11) is 0. The zero-order valence-corrected chi connectivity index (χ0v) is 8.95. The van der Waals surface area contributed by atoms with Gasteiger partial charge in [0.25, 0.3) is 0 Å². The Morgan fingerprint density at radius 1 is 1.33 bits per heavy atom. The minimum absolute atomic E-state index is 0.139. The molecule has 1 aliphatic heterocycles. The van der Waals surface area contributed by atoms with Crippen LogP contribution in [0, 0.1) is 0 Å². The highest BCUT2D eigenvalue weighted by atomic mass is 16.3. The largest absolute Gasteiger partial charge is 0.392 e. The fourth-order valence-electron chi connectivity index (χ4n) is 2.05. The third-order valence-corrected chi connectivity index (χ3v) is 2.89. The molecule has 2 nitrogen and oxygen atoms in total. The smallest absolute Gasteiger partial charge is 0.0681 e. The van der Waals surface area contributed by atoms with Gasteiger partial charge in [-0.3, -0.25) is 4.90 Å². The molecule has 0 bridgehead atoms. The van der Waals surface area contributed by atoms with Gasteiger partial charge in [-0.15, -0.1) is 6.58 Å². The SMILES string of the molecule is C=CCCN1Cc2ccc(CO)cc2C1. The lowest BCUT2D eigenvalue weighted by Crippen LogP contribution is -2.16. The van der Waals surface area contributed by atoms with Gasteiger partial charge in [0.15, 0.2) is 0 Å². The van der Waals surface area contributed by atoms with Crippen molar-refractivity contribution in [3.05, 3.63) is 47.5 Å². The van der Waals surface area contributed by atoms with E-state index in [0.717, 1.165) is 31.6 Å². The molecule has 1 aromatic carbocycles. The van der Waals surface area contributed by atoms with Crippen molar-refractivity contribution in [3.8, 4) is 0 Å². The van der Waals surface area contributed by atoms with Gasteiger partial charge in [-0.05, 0) is 23.1 Å². The summed E-state index contributed by atoms with van der Waals surface area (Å²) in [5.41, 5.74) is 3.78. The first-order valence-corrected chi connectivity index (χ1v) is 5.38. The summed E-state index contributed by atoms with van der Waals surface area (Å²) in [6, 6.07) is 6.26. The first-order chi connectivity index (χ1) is 7.33. The van der Waals surface area contributed by atoms with Gasteiger partial charge in [-0.25, -0.2) is 0 Å². The molecule has 80 valence electrons. The zero-order valence-electron chi connectivity index (χ0n) is 8.95. The van der Waals surface area contributed by atoms with Crippen molar-refractivity contribution in [2.24, 2.45) is 0 Å². The molecule has 0 unspecified atom stereocenters. The molecular formula is C13H17NO. The number of aliphatic hydroxyl groups excluding tert-OH is 1. The molecule has 1 heterocycles. The van der Waals surface area contributed by atoms with E-state index in [2.05, 4.69) is 23.6 Å². The highest BCUT2D eigenvalue weighted by Crippen LogP contribution is 2.23. The van der Waals surface area contributed by atoms with Crippen LogP contribution in [-0.4, -0.2) is 16.6 Å². The fraction of sp³-hybridized carbons (Fsp3) is 0.385. The Morgan fingerprint density at radius 2 is 2.13 bits per heavy atom.